The van der Waals surface area contributed by atoms with Gasteiger partial charge in [-0.1, -0.05) is 84.9 Å². The van der Waals surface area contributed by atoms with Crippen molar-refractivity contribution in [2.24, 2.45) is 0 Å². The minimum absolute atomic E-state index is 0.172. The van der Waals surface area contributed by atoms with Crippen LogP contribution in [0, 0.1) is 0 Å². The first-order chi connectivity index (χ1) is 30.5. The molecule has 0 unspecified atom stereocenters. The van der Waals surface area contributed by atoms with Gasteiger partial charge in [0.15, 0.2) is 6.61 Å². The highest BCUT2D eigenvalue weighted by atomic mass is 16.6. The number of aromatic nitrogens is 4. The minimum atomic E-state index is -0.732. The lowest BCUT2D eigenvalue weighted by Gasteiger charge is -2.32. The number of carbonyl (C=O) groups is 1. The Morgan fingerprint density at radius 3 is 1.41 bits per heavy atom. The molecule has 2 N–H and O–H groups in total. The Hall–Kier alpha value is -7.33. The predicted octanol–water partition coefficient (Wildman–Crippen LogP) is 12.4. The molecule has 0 saturated carbocycles. The van der Waals surface area contributed by atoms with Gasteiger partial charge in [0.25, 0.3) is 0 Å². The lowest BCUT2D eigenvalue weighted by Crippen LogP contribution is -2.41. The Bertz CT molecular complexity index is 3120. The largest absolute Gasteiger partial charge is 0.482 e. The molecule has 0 aliphatic carbocycles. The first-order valence-corrected chi connectivity index (χ1v) is 21.3. The third-order valence-corrected chi connectivity index (χ3v) is 12.3. The van der Waals surface area contributed by atoms with Crippen LogP contribution in [0.25, 0.3) is 90.9 Å². The van der Waals surface area contributed by atoms with Crippen LogP contribution in [-0.4, -0.2) is 44.2 Å². The number of ether oxygens (including phenoxy) is 2. The van der Waals surface area contributed by atoms with Crippen LogP contribution in [0.3, 0.4) is 0 Å². The Labute approximate surface area is 366 Å². The van der Waals surface area contributed by atoms with Gasteiger partial charge >= 0.3 is 5.97 Å². The molecule has 0 fully saturated rings. The standard InChI is InChI=1S/C54H46N5O4/c1-6-62-48(60)32-63-37-20-17-35(18-21-37)51-44-25-23-40(55-44)49(33-13-9-7-10-14-33)42-27-29-46(57-42)52(36-19-22-38-39(31-36)54(4,5)59(61)53(38,2)3)47-30-28-43(58-47)50(34-15-11-8-12-16-34)41-24-26-45(51)56-41/h7-31,55,58H,6,32H2,1-5H3. The summed E-state index contributed by atoms with van der Waals surface area (Å²) >= 11 is 0. The number of hydrogen-bond donors (Lipinski definition) is 2. The van der Waals surface area contributed by atoms with Crippen molar-refractivity contribution in [1.29, 1.82) is 0 Å². The highest BCUT2D eigenvalue weighted by molar-refractivity contribution is 6.00. The zero-order valence-electron chi connectivity index (χ0n) is 35.8. The molecule has 311 valence electrons. The van der Waals surface area contributed by atoms with Crippen LogP contribution in [0.15, 0.2) is 127 Å². The first-order valence-electron chi connectivity index (χ1n) is 21.3. The number of benzene rings is 4. The fourth-order valence-electron chi connectivity index (χ4n) is 9.35. The molecule has 63 heavy (non-hydrogen) atoms. The van der Waals surface area contributed by atoms with Gasteiger partial charge in [0.2, 0.25) is 0 Å². The van der Waals surface area contributed by atoms with Gasteiger partial charge in [0.05, 0.1) is 40.5 Å². The Morgan fingerprint density at radius 2 is 0.952 bits per heavy atom. The van der Waals surface area contributed by atoms with Crippen LogP contribution in [-0.2, 0) is 25.8 Å². The third kappa shape index (κ3) is 6.95. The van der Waals surface area contributed by atoms with E-state index in [-0.39, 0.29) is 6.61 Å². The number of rotatable bonds is 8. The van der Waals surface area contributed by atoms with Crippen molar-refractivity contribution < 1.29 is 19.5 Å². The van der Waals surface area contributed by atoms with E-state index >= 15 is 0 Å². The summed E-state index contributed by atoms with van der Waals surface area (Å²) < 4.78 is 10.8. The van der Waals surface area contributed by atoms with Crippen LogP contribution in [0.2, 0.25) is 0 Å². The number of nitrogens with zero attached hydrogens (tertiary/aromatic N) is 3. The van der Waals surface area contributed by atoms with Gasteiger partial charge in [-0.05, 0) is 135 Å². The summed E-state index contributed by atoms with van der Waals surface area (Å²) in [6, 6.07) is 43.2. The average molecular weight is 829 g/mol. The van der Waals surface area contributed by atoms with E-state index in [1.54, 1.807) is 6.92 Å². The minimum Gasteiger partial charge on any atom is -0.482 e. The van der Waals surface area contributed by atoms with E-state index < -0.39 is 17.0 Å². The van der Waals surface area contributed by atoms with Crippen molar-refractivity contribution in [3.8, 4) is 50.3 Å². The second-order valence-corrected chi connectivity index (χ2v) is 17.0. The molecule has 3 aliphatic heterocycles. The Balaban J connectivity index is 1.28. The molecule has 6 heterocycles. The Morgan fingerprint density at radius 1 is 0.540 bits per heavy atom. The summed E-state index contributed by atoms with van der Waals surface area (Å²) in [5, 5.41) is 15.0. The third-order valence-electron chi connectivity index (χ3n) is 12.3. The van der Waals surface area contributed by atoms with E-state index in [0.717, 1.165) is 100 Å². The molecule has 3 aliphatic rings. The van der Waals surface area contributed by atoms with Gasteiger partial charge in [0.1, 0.15) is 5.75 Å². The van der Waals surface area contributed by atoms with Crippen molar-refractivity contribution in [3.63, 3.8) is 0 Å². The van der Waals surface area contributed by atoms with Crippen molar-refractivity contribution in [2.45, 2.75) is 45.7 Å². The number of carbonyl (C=O) groups excluding carboxylic acids is 1. The van der Waals surface area contributed by atoms with E-state index in [2.05, 4.69) is 101 Å². The number of esters is 1. The molecule has 3 aromatic heterocycles. The first kappa shape index (κ1) is 39.8. The molecule has 4 aromatic carbocycles. The van der Waals surface area contributed by atoms with Gasteiger partial charge in [-0.3, -0.25) is 0 Å². The molecule has 1 radical (unpaired) electrons. The molecule has 9 nitrogen and oxygen atoms in total. The summed E-state index contributed by atoms with van der Waals surface area (Å²) in [5.41, 5.74) is 15.0. The summed E-state index contributed by atoms with van der Waals surface area (Å²) in [7, 11) is 0. The summed E-state index contributed by atoms with van der Waals surface area (Å²) in [6.07, 6.45) is 8.32. The second kappa shape index (κ2) is 15.5. The Kier molecular flexibility index (Phi) is 9.81. The SMILES string of the molecule is CCOC(=O)COc1ccc(-c2c3nc(c(-c4ccccc4)c4ccc([nH]4)c(-c4ccc5c(c4)C(C)(C)N([O])C5(C)C)c4nc(c(-c5ccccc5)c5ccc2[nH]5)C=C4)C=C3)cc1. The fraction of sp³-hybridized carbons (Fsp3) is 0.167. The predicted molar refractivity (Wildman–Crippen MR) is 251 cm³/mol. The maximum Gasteiger partial charge on any atom is 0.344 e. The smallest absolute Gasteiger partial charge is 0.344 e. The van der Waals surface area contributed by atoms with Crippen molar-refractivity contribution in [1.82, 2.24) is 25.0 Å². The van der Waals surface area contributed by atoms with Crippen LogP contribution in [0.1, 0.15) is 68.5 Å². The summed E-state index contributed by atoms with van der Waals surface area (Å²) in [4.78, 5) is 30.5. The number of nitrogens with one attached hydrogen (secondary N) is 2. The summed E-state index contributed by atoms with van der Waals surface area (Å²) in [5.74, 6) is 0.139. The second-order valence-electron chi connectivity index (χ2n) is 17.0. The quantitative estimate of drug-likeness (QED) is 0.147. The number of fused-ring (bicyclic) bond motifs is 9. The topological polar surface area (TPSA) is 116 Å². The molecule has 0 saturated heterocycles. The number of H-pyrrole nitrogens is 2. The molecule has 9 heteroatoms. The molecular weight excluding hydrogens is 783 g/mol. The molecular formula is C54H46N5O4. The van der Waals surface area contributed by atoms with Gasteiger partial charge in [-0.2, -0.15) is 0 Å². The van der Waals surface area contributed by atoms with E-state index in [4.69, 9.17) is 19.4 Å². The molecule has 7 aromatic rings. The van der Waals surface area contributed by atoms with Crippen LogP contribution < -0.4 is 4.74 Å². The van der Waals surface area contributed by atoms with E-state index in [0.29, 0.717) is 12.4 Å². The van der Waals surface area contributed by atoms with Gasteiger partial charge in [-0.25, -0.2) is 14.8 Å². The zero-order valence-corrected chi connectivity index (χ0v) is 35.8. The highest BCUT2D eigenvalue weighted by Crippen LogP contribution is 2.50. The maximum atomic E-state index is 13.7. The molecule has 10 rings (SSSR count). The summed E-state index contributed by atoms with van der Waals surface area (Å²) in [6.45, 7) is 9.89. The average Bonchev–Trinajstić information content (AvgIpc) is 4.16. The molecule has 0 atom stereocenters. The van der Waals surface area contributed by atoms with Gasteiger partial charge in [0, 0.05) is 44.3 Å². The van der Waals surface area contributed by atoms with E-state index in [9.17, 15) is 10.0 Å². The highest BCUT2D eigenvalue weighted by Gasteiger charge is 2.50. The maximum absolute atomic E-state index is 13.7. The zero-order chi connectivity index (χ0) is 43.5. The molecule has 8 bridgehead atoms. The number of hydroxylamine groups is 2. The lowest BCUT2D eigenvalue weighted by atomic mass is 9.87. The van der Waals surface area contributed by atoms with E-state index in [1.807, 2.05) is 88.4 Å². The van der Waals surface area contributed by atoms with Crippen molar-refractivity contribution in [2.75, 3.05) is 13.2 Å². The number of aromatic amines is 2. The van der Waals surface area contributed by atoms with Crippen LogP contribution in [0.5, 0.6) is 5.75 Å². The normalized spacial score (nSPS) is 14.8. The van der Waals surface area contributed by atoms with Crippen LogP contribution >= 0.6 is 0 Å². The monoisotopic (exact) mass is 828 g/mol. The molecule has 0 spiro atoms. The fourth-order valence-corrected chi connectivity index (χ4v) is 9.35. The van der Waals surface area contributed by atoms with Gasteiger partial charge < -0.3 is 19.4 Å². The van der Waals surface area contributed by atoms with Crippen molar-refractivity contribution in [3.05, 3.63) is 161 Å². The lowest BCUT2D eigenvalue weighted by molar-refractivity contribution is -0.266. The van der Waals surface area contributed by atoms with E-state index in [1.165, 1.54) is 5.06 Å². The van der Waals surface area contributed by atoms with Crippen LogP contribution in [0.4, 0.5) is 0 Å². The number of hydrogen-bond acceptors (Lipinski definition) is 6. The van der Waals surface area contributed by atoms with Gasteiger partial charge in [-0.15, -0.1) is 10.3 Å². The molecule has 0 amide bonds. The van der Waals surface area contributed by atoms with Crippen molar-refractivity contribution >= 4 is 52.3 Å².